The average Bonchev–Trinajstić information content (AvgIpc) is 2.88. The monoisotopic (exact) mass is 325 g/mol. The van der Waals surface area contributed by atoms with Crippen molar-refractivity contribution in [3.05, 3.63) is 70.9 Å². The van der Waals surface area contributed by atoms with E-state index in [1.54, 1.807) is 37.5 Å². The van der Waals surface area contributed by atoms with E-state index in [1.165, 1.54) is 0 Å². The second-order valence-corrected chi connectivity index (χ2v) is 5.72. The van der Waals surface area contributed by atoms with Crippen LogP contribution in [-0.4, -0.2) is 17.5 Å². The zero-order chi connectivity index (χ0) is 16.4. The van der Waals surface area contributed by atoms with E-state index >= 15 is 0 Å². The Balaban J connectivity index is 1.94. The summed E-state index contributed by atoms with van der Waals surface area (Å²) in [6.45, 7) is 0. The number of hydrogen-bond acceptors (Lipinski definition) is 2. The largest absolute Gasteiger partial charge is 0.497 e. The number of aromatic nitrogens is 1. The molecule has 3 rings (SSSR count). The number of carbonyl (C=O) groups excluding carboxylic acids is 1. The first-order chi connectivity index (χ1) is 11.1. The number of carbonyl (C=O) groups is 1. The molecule has 0 atom stereocenters. The first kappa shape index (κ1) is 15.4. The average molecular weight is 326 g/mol. The Labute approximate surface area is 139 Å². The standard InChI is InChI=1S/C19H16ClNO2/c1-21-12-14(17-11-16(23-2)8-9-18(17)21)5-10-19(22)13-3-6-15(20)7-4-13/h3-12H,1-2H3/b10-5+. The second-order valence-electron chi connectivity index (χ2n) is 5.28. The van der Waals surface area contributed by atoms with Gasteiger partial charge in [0.1, 0.15) is 5.75 Å². The third-order valence-electron chi connectivity index (χ3n) is 3.77. The highest BCUT2D eigenvalue weighted by Gasteiger charge is 2.07. The molecule has 0 aliphatic heterocycles. The van der Waals surface area contributed by atoms with Crippen LogP contribution in [0.5, 0.6) is 5.75 Å². The first-order valence-corrected chi connectivity index (χ1v) is 7.57. The molecule has 3 nitrogen and oxygen atoms in total. The highest BCUT2D eigenvalue weighted by molar-refractivity contribution is 6.30. The summed E-state index contributed by atoms with van der Waals surface area (Å²) in [6, 6.07) is 12.8. The summed E-state index contributed by atoms with van der Waals surface area (Å²) in [7, 11) is 3.62. The van der Waals surface area contributed by atoms with Gasteiger partial charge in [-0.25, -0.2) is 0 Å². The quantitative estimate of drug-likeness (QED) is 0.512. The number of ether oxygens (including phenoxy) is 1. The topological polar surface area (TPSA) is 31.2 Å². The molecule has 0 aliphatic rings. The smallest absolute Gasteiger partial charge is 0.185 e. The number of benzene rings is 2. The van der Waals surface area contributed by atoms with Crippen LogP contribution in [0.3, 0.4) is 0 Å². The molecule has 0 radical (unpaired) electrons. The molecule has 116 valence electrons. The zero-order valence-electron chi connectivity index (χ0n) is 12.9. The van der Waals surface area contributed by atoms with Crippen LogP contribution in [0.1, 0.15) is 15.9 Å². The van der Waals surface area contributed by atoms with Gasteiger partial charge in [-0.1, -0.05) is 11.6 Å². The molecule has 0 unspecified atom stereocenters. The summed E-state index contributed by atoms with van der Waals surface area (Å²) < 4.78 is 7.31. The molecule has 4 heteroatoms. The normalized spacial score (nSPS) is 11.3. The number of ketones is 1. The van der Waals surface area contributed by atoms with Crippen LogP contribution in [0.25, 0.3) is 17.0 Å². The fourth-order valence-corrected chi connectivity index (χ4v) is 2.66. The van der Waals surface area contributed by atoms with E-state index < -0.39 is 0 Å². The molecular formula is C19H16ClNO2. The van der Waals surface area contributed by atoms with Crippen molar-refractivity contribution < 1.29 is 9.53 Å². The Bertz CT molecular complexity index is 892. The van der Waals surface area contributed by atoms with E-state index in [-0.39, 0.29) is 5.78 Å². The predicted octanol–water partition coefficient (Wildman–Crippen LogP) is 4.74. The summed E-state index contributed by atoms with van der Waals surface area (Å²) in [6.07, 6.45) is 5.41. The van der Waals surface area contributed by atoms with Crippen molar-refractivity contribution in [2.24, 2.45) is 7.05 Å². The highest BCUT2D eigenvalue weighted by atomic mass is 35.5. The van der Waals surface area contributed by atoms with Crippen LogP contribution >= 0.6 is 11.6 Å². The number of hydrogen-bond donors (Lipinski definition) is 0. The molecule has 0 saturated carbocycles. The summed E-state index contributed by atoms with van der Waals surface area (Å²) in [4.78, 5) is 12.2. The molecule has 0 saturated heterocycles. The van der Waals surface area contributed by atoms with Gasteiger partial charge in [0.15, 0.2) is 5.78 Å². The van der Waals surface area contributed by atoms with E-state index in [4.69, 9.17) is 16.3 Å². The van der Waals surface area contributed by atoms with Crippen LogP contribution < -0.4 is 4.74 Å². The van der Waals surface area contributed by atoms with E-state index in [2.05, 4.69) is 0 Å². The van der Waals surface area contributed by atoms with Crippen molar-refractivity contribution >= 4 is 34.4 Å². The summed E-state index contributed by atoms with van der Waals surface area (Å²) in [5.41, 5.74) is 2.68. The van der Waals surface area contributed by atoms with Crippen molar-refractivity contribution in [3.8, 4) is 5.75 Å². The van der Waals surface area contributed by atoms with Crippen molar-refractivity contribution in [3.63, 3.8) is 0 Å². The Morgan fingerprint density at radius 3 is 2.61 bits per heavy atom. The van der Waals surface area contributed by atoms with Crippen molar-refractivity contribution in [1.82, 2.24) is 4.57 Å². The van der Waals surface area contributed by atoms with Crippen LogP contribution in [0.2, 0.25) is 5.02 Å². The van der Waals surface area contributed by atoms with Gasteiger partial charge in [0.25, 0.3) is 0 Å². The number of methoxy groups -OCH3 is 1. The van der Waals surface area contributed by atoms with E-state index in [9.17, 15) is 4.79 Å². The Hall–Kier alpha value is -2.52. The minimum Gasteiger partial charge on any atom is -0.497 e. The molecule has 23 heavy (non-hydrogen) atoms. The molecule has 0 spiro atoms. The fourth-order valence-electron chi connectivity index (χ4n) is 2.54. The summed E-state index contributed by atoms with van der Waals surface area (Å²) in [5, 5.41) is 1.67. The van der Waals surface area contributed by atoms with Gasteiger partial charge in [0.2, 0.25) is 0 Å². The number of allylic oxidation sites excluding steroid dienone is 1. The molecule has 2 aromatic carbocycles. The minimum absolute atomic E-state index is 0.0541. The third kappa shape index (κ3) is 3.15. The predicted molar refractivity (Wildman–Crippen MR) is 94.3 cm³/mol. The fraction of sp³-hybridized carbons (Fsp3) is 0.105. The van der Waals surface area contributed by atoms with Crippen molar-refractivity contribution in [2.45, 2.75) is 0 Å². The van der Waals surface area contributed by atoms with Gasteiger partial charge in [0.05, 0.1) is 7.11 Å². The molecule has 1 aromatic heterocycles. The van der Waals surface area contributed by atoms with Gasteiger partial charge in [-0.2, -0.15) is 0 Å². The molecule has 0 fully saturated rings. The lowest BCUT2D eigenvalue weighted by atomic mass is 10.1. The Morgan fingerprint density at radius 1 is 1.17 bits per heavy atom. The minimum atomic E-state index is -0.0541. The third-order valence-corrected chi connectivity index (χ3v) is 4.02. The number of fused-ring (bicyclic) bond motifs is 1. The van der Waals surface area contributed by atoms with Gasteiger partial charge in [-0.05, 0) is 54.6 Å². The molecule has 0 bridgehead atoms. The highest BCUT2D eigenvalue weighted by Crippen LogP contribution is 2.26. The van der Waals surface area contributed by atoms with Crippen LogP contribution in [-0.2, 0) is 7.05 Å². The zero-order valence-corrected chi connectivity index (χ0v) is 13.7. The molecule has 0 N–H and O–H groups in total. The van der Waals surface area contributed by atoms with Gasteiger partial charge in [-0.15, -0.1) is 0 Å². The maximum Gasteiger partial charge on any atom is 0.185 e. The second kappa shape index (κ2) is 6.31. The lowest BCUT2D eigenvalue weighted by Gasteiger charge is -2.00. The maximum absolute atomic E-state index is 12.2. The van der Waals surface area contributed by atoms with Gasteiger partial charge in [0, 0.05) is 40.3 Å². The van der Waals surface area contributed by atoms with Crippen molar-refractivity contribution in [2.75, 3.05) is 7.11 Å². The van der Waals surface area contributed by atoms with E-state index in [1.807, 2.05) is 42.1 Å². The van der Waals surface area contributed by atoms with Crippen LogP contribution in [0.15, 0.2) is 54.7 Å². The Morgan fingerprint density at radius 2 is 1.91 bits per heavy atom. The molecule has 3 aromatic rings. The van der Waals surface area contributed by atoms with Crippen molar-refractivity contribution in [1.29, 1.82) is 0 Å². The molecule has 1 heterocycles. The van der Waals surface area contributed by atoms with E-state index in [0.717, 1.165) is 22.2 Å². The molecule has 0 aliphatic carbocycles. The van der Waals surface area contributed by atoms with Gasteiger partial charge < -0.3 is 9.30 Å². The number of aryl methyl sites for hydroxylation is 1. The SMILES string of the molecule is COc1ccc2c(c1)c(/C=C/C(=O)c1ccc(Cl)cc1)cn2C. The maximum atomic E-state index is 12.2. The van der Waals surface area contributed by atoms with Gasteiger partial charge in [-0.3, -0.25) is 4.79 Å². The van der Waals surface area contributed by atoms with E-state index in [0.29, 0.717) is 10.6 Å². The molecule has 0 amide bonds. The number of rotatable bonds is 4. The van der Waals surface area contributed by atoms with Crippen LogP contribution in [0.4, 0.5) is 0 Å². The number of halogens is 1. The van der Waals surface area contributed by atoms with Crippen LogP contribution in [0, 0.1) is 0 Å². The molecular weight excluding hydrogens is 310 g/mol. The summed E-state index contributed by atoms with van der Waals surface area (Å²) in [5.74, 6) is 0.740. The Kier molecular flexibility index (Phi) is 4.22. The lowest BCUT2D eigenvalue weighted by molar-refractivity contribution is 0.104. The lowest BCUT2D eigenvalue weighted by Crippen LogP contribution is -1.92. The number of nitrogens with zero attached hydrogens (tertiary/aromatic N) is 1. The first-order valence-electron chi connectivity index (χ1n) is 7.19. The van der Waals surface area contributed by atoms with Gasteiger partial charge >= 0.3 is 0 Å². The summed E-state index contributed by atoms with van der Waals surface area (Å²) >= 11 is 5.84.